The summed E-state index contributed by atoms with van der Waals surface area (Å²) in [6, 6.07) is 11.9. The molecule has 3 N–H and O–H groups in total. The average molecular weight is 493 g/mol. The molecule has 9 nitrogen and oxygen atoms in total. The molecule has 182 valence electrons. The third kappa shape index (κ3) is 4.29. The first kappa shape index (κ1) is 22.5. The molecule has 1 aromatic carbocycles. The van der Waals surface area contributed by atoms with E-state index in [-0.39, 0.29) is 11.7 Å². The normalized spacial score (nSPS) is 11.3. The fraction of sp³-hybridized carbons (Fsp3) is 0.111. The third-order valence-corrected chi connectivity index (χ3v) is 5.96. The number of amides is 1. The third-order valence-electron chi connectivity index (χ3n) is 5.96. The number of rotatable bonds is 6. The number of hydrogen-bond donors (Lipinski definition) is 3. The van der Waals surface area contributed by atoms with Crippen LogP contribution >= 0.6 is 0 Å². The molecule has 0 unspecified atom stereocenters. The molecule has 5 heterocycles. The van der Waals surface area contributed by atoms with Gasteiger partial charge < -0.3 is 10.3 Å². The molecule has 0 aliphatic rings. The first-order chi connectivity index (χ1) is 18.1. The number of halogens is 1. The van der Waals surface area contributed by atoms with E-state index < -0.39 is 0 Å². The van der Waals surface area contributed by atoms with Crippen LogP contribution in [0.3, 0.4) is 0 Å². The van der Waals surface area contributed by atoms with E-state index in [9.17, 15) is 9.18 Å². The molecule has 10 heteroatoms. The zero-order chi connectivity index (χ0) is 25.4. The highest BCUT2D eigenvalue weighted by atomic mass is 19.1. The SMILES string of the molecule is CCCC(=O)Nc1cncc(-c2ccc3[nH]nc(-c4nc5c(-c6cccc(F)c6)cncc5[nH]4)c3n2)c1. The quantitative estimate of drug-likeness (QED) is 0.282. The van der Waals surface area contributed by atoms with Crippen molar-refractivity contribution in [1.29, 1.82) is 0 Å². The minimum Gasteiger partial charge on any atom is -0.335 e. The van der Waals surface area contributed by atoms with E-state index >= 15 is 0 Å². The Morgan fingerprint density at radius 3 is 2.70 bits per heavy atom. The van der Waals surface area contributed by atoms with Gasteiger partial charge >= 0.3 is 0 Å². The van der Waals surface area contributed by atoms with Gasteiger partial charge in [-0.3, -0.25) is 19.9 Å². The number of imidazole rings is 1. The van der Waals surface area contributed by atoms with Crippen LogP contribution in [0.1, 0.15) is 19.8 Å². The zero-order valence-corrected chi connectivity index (χ0v) is 19.8. The number of H-pyrrole nitrogens is 2. The smallest absolute Gasteiger partial charge is 0.224 e. The van der Waals surface area contributed by atoms with Gasteiger partial charge in [-0.15, -0.1) is 0 Å². The number of nitrogens with one attached hydrogen (secondary N) is 3. The van der Waals surface area contributed by atoms with E-state index in [1.807, 2.05) is 31.2 Å². The van der Waals surface area contributed by atoms with E-state index in [0.717, 1.165) is 17.5 Å². The van der Waals surface area contributed by atoms with Gasteiger partial charge in [-0.05, 0) is 42.3 Å². The molecule has 0 spiro atoms. The first-order valence-electron chi connectivity index (χ1n) is 11.8. The van der Waals surface area contributed by atoms with Gasteiger partial charge in [0.15, 0.2) is 11.5 Å². The molecule has 0 saturated carbocycles. The monoisotopic (exact) mass is 492 g/mol. The number of pyridine rings is 3. The van der Waals surface area contributed by atoms with Crippen LogP contribution in [0.15, 0.2) is 67.3 Å². The van der Waals surface area contributed by atoms with Gasteiger partial charge in [0.05, 0.1) is 40.3 Å². The van der Waals surface area contributed by atoms with Gasteiger partial charge in [0.1, 0.15) is 11.3 Å². The van der Waals surface area contributed by atoms with E-state index in [1.165, 1.54) is 12.1 Å². The predicted octanol–water partition coefficient (Wildman–Crippen LogP) is 5.50. The van der Waals surface area contributed by atoms with Crippen molar-refractivity contribution in [2.45, 2.75) is 19.8 Å². The summed E-state index contributed by atoms with van der Waals surface area (Å²) in [5, 5.41) is 10.3. The van der Waals surface area contributed by atoms with Crippen LogP contribution in [-0.2, 0) is 4.79 Å². The Morgan fingerprint density at radius 2 is 1.84 bits per heavy atom. The Morgan fingerprint density at radius 1 is 0.946 bits per heavy atom. The van der Waals surface area contributed by atoms with Crippen LogP contribution in [0.25, 0.3) is 56.0 Å². The van der Waals surface area contributed by atoms with Crippen LogP contribution < -0.4 is 5.32 Å². The maximum absolute atomic E-state index is 13.9. The second-order valence-corrected chi connectivity index (χ2v) is 8.60. The standard InChI is InChI=1S/C27H21FN8O/c1-2-4-23(37)31-18-10-16(11-29-12-18)20-7-8-21-25(32-20)26(36-35-21)27-33-22-14-30-13-19(24(22)34-27)15-5-3-6-17(28)9-15/h3,5-14H,2,4H2,1H3,(H,31,37)(H,33,34)(H,35,36). The van der Waals surface area contributed by atoms with Crippen molar-refractivity contribution in [3.8, 4) is 33.9 Å². The van der Waals surface area contributed by atoms with Crippen LogP contribution in [0.2, 0.25) is 0 Å². The summed E-state index contributed by atoms with van der Waals surface area (Å²) in [5.41, 5.74) is 6.69. The zero-order valence-electron chi connectivity index (χ0n) is 19.8. The van der Waals surface area contributed by atoms with Crippen LogP contribution in [0, 0.1) is 5.82 Å². The highest BCUT2D eigenvalue weighted by Crippen LogP contribution is 2.31. The summed E-state index contributed by atoms with van der Waals surface area (Å²) in [6.07, 6.45) is 7.86. The number of aromatic nitrogens is 7. The Hall–Kier alpha value is -4.99. The fourth-order valence-electron chi connectivity index (χ4n) is 4.24. The summed E-state index contributed by atoms with van der Waals surface area (Å²) in [7, 11) is 0. The van der Waals surface area contributed by atoms with Crippen molar-refractivity contribution >= 4 is 33.7 Å². The van der Waals surface area contributed by atoms with E-state index in [2.05, 4.69) is 30.5 Å². The van der Waals surface area contributed by atoms with Crippen molar-refractivity contribution < 1.29 is 9.18 Å². The fourth-order valence-corrected chi connectivity index (χ4v) is 4.24. The molecule has 37 heavy (non-hydrogen) atoms. The summed E-state index contributed by atoms with van der Waals surface area (Å²) in [6.45, 7) is 1.96. The Bertz CT molecular complexity index is 1770. The Balaban J connectivity index is 1.40. The van der Waals surface area contributed by atoms with Crippen molar-refractivity contribution in [3.05, 3.63) is 73.1 Å². The molecule has 5 aromatic heterocycles. The predicted molar refractivity (Wildman–Crippen MR) is 139 cm³/mol. The van der Waals surface area contributed by atoms with Gasteiger partial charge in [0.25, 0.3) is 0 Å². The number of aromatic amines is 2. The minimum absolute atomic E-state index is 0.0565. The van der Waals surface area contributed by atoms with Gasteiger partial charge in [0.2, 0.25) is 5.91 Å². The number of nitrogens with zero attached hydrogens (tertiary/aromatic N) is 5. The van der Waals surface area contributed by atoms with Gasteiger partial charge in [0, 0.05) is 29.9 Å². The largest absolute Gasteiger partial charge is 0.335 e. The Kier molecular flexibility index (Phi) is 5.61. The lowest BCUT2D eigenvalue weighted by Crippen LogP contribution is -2.10. The molecule has 0 aliphatic carbocycles. The van der Waals surface area contributed by atoms with Gasteiger partial charge in [-0.2, -0.15) is 5.10 Å². The Labute approximate surface area is 210 Å². The number of carbonyl (C=O) groups excluding carboxylic acids is 1. The van der Waals surface area contributed by atoms with Crippen molar-refractivity contribution in [1.82, 2.24) is 35.1 Å². The van der Waals surface area contributed by atoms with Crippen LogP contribution in [-0.4, -0.2) is 41.0 Å². The summed E-state index contributed by atoms with van der Waals surface area (Å²) >= 11 is 0. The minimum atomic E-state index is -0.330. The first-order valence-corrected chi connectivity index (χ1v) is 11.8. The molecule has 0 fully saturated rings. The average Bonchev–Trinajstić information content (AvgIpc) is 3.52. The highest BCUT2D eigenvalue weighted by Gasteiger charge is 2.17. The molecular formula is C27H21FN8O. The van der Waals surface area contributed by atoms with Crippen LogP contribution in [0.4, 0.5) is 10.1 Å². The molecule has 6 aromatic rings. The number of benzene rings is 1. The second-order valence-electron chi connectivity index (χ2n) is 8.60. The van der Waals surface area contributed by atoms with Gasteiger partial charge in [-0.1, -0.05) is 19.1 Å². The number of anilines is 1. The highest BCUT2D eigenvalue weighted by molar-refractivity contribution is 5.96. The van der Waals surface area contributed by atoms with Crippen molar-refractivity contribution in [3.63, 3.8) is 0 Å². The maximum Gasteiger partial charge on any atom is 0.224 e. The maximum atomic E-state index is 13.9. The summed E-state index contributed by atoms with van der Waals surface area (Å²) in [5.74, 6) is 0.123. The number of fused-ring (bicyclic) bond motifs is 2. The number of carbonyl (C=O) groups is 1. The molecule has 0 aliphatic heterocycles. The molecule has 0 saturated heterocycles. The van der Waals surface area contributed by atoms with E-state index in [1.54, 1.807) is 30.9 Å². The molecule has 0 atom stereocenters. The lowest BCUT2D eigenvalue weighted by molar-refractivity contribution is -0.116. The van der Waals surface area contributed by atoms with Gasteiger partial charge in [-0.25, -0.2) is 14.4 Å². The van der Waals surface area contributed by atoms with E-state index in [0.29, 0.717) is 57.0 Å². The topological polar surface area (TPSA) is 125 Å². The lowest BCUT2D eigenvalue weighted by Gasteiger charge is -2.06. The molecular weight excluding hydrogens is 471 g/mol. The summed E-state index contributed by atoms with van der Waals surface area (Å²) in [4.78, 5) is 33.4. The molecule has 0 radical (unpaired) electrons. The summed E-state index contributed by atoms with van der Waals surface area (Å²) < 4.78 is 13.9. The van der Waals surface area contributed by atoms with Crippen LogP contribution in [0.5, 0.6) is 0 Å². The van der Waals surface area contributed by atoms with E-state index in [4.69, 9.17) is 9.97 Å². The van der Waals surface area contributed by atoms with Crippen molar-refractivity contribution in [2.24, 2.45) is 0 Å². The number of hydrogen-bond acceptors (Lipinski definition) is 6. The molecule has 1 amide bonds. The second kappa shape index (κ2) is 9.23. The van der Waals surface area contributed by atoms with Crippen molar-refractivity contribution in [2.75, 3.05) is 5.32 Å². The molecule has 6 rings (SSSR count). The molecule has 0 bridgehead atoms. The lowest BCUT2D eigenvalue weighted by atomic mass is 10.1.